The molecule has 0 spiro atoms. The van der Waals surface area contributed by atoms with Crippen LogP contribution in [-0.2, 0) is 30.2 Å². The Morgan fingerprint density at radius 3 is 2.73 bits per heavy atom. The molecule has 0 aliphatic carbocycles. The smallest absolute Gasteiger partial charge is 0.343 e. The summed E-state index contributed by atoms with van der Waals surface area (Å²) >= 11 is 0. The zero-order valence-corrected chi connectivity index (χ0v) is 19.7. The molecule has 178 valence electrons. The number of hydrogen-bond donors (Lipinski definition) is 1. The average molecular weight is 457 g/mol. The number of rotatable bonds is 11. The molecule has 1 N–H and O–H groups in total. The van der Waals surface area contributed by atoms with Crippen molar-refractivity contribution >= 4 is 11.9 Å². The maximum atomic E-state index is 12.3. The number of cyclic esters (lactones) is 2. The highest BCUT2D eigenvalue weighted by molar-refractivity contribution is 5.93. The first-order valence-electron chi connectivity index (χ1n) is 11.2. The maximum absolute atomic E-state index is 12.3. The minimum Gasteiger partial charge on any atom is -0.504 e. The van der Waals surface area contributed by atoms with Gasteiger partial charge in [-0.3, -0.25) is 0 Å². The van der Waals surface area contributed by atoms with E-state index in [0.717, 1.165) is 31.2 Å². The fraction of sp³-hybridized carbons (Fsp3) is 0.462. The van der Waals surface area contributed by atoms with Gasteiger partial charge in [-0.2, -0.15) is 0 Å². The lowest BCUT2D eigenvalue weighted by atomic mass is 9.99. The standard InChI is InChI=1S/C26H32O7/c1-17(7-5-9-18(2)13-22-23(27)19(3)24(28)32-22)8-6-10-21-15-26(30-4,33-25(21)29)14-20-11-12-31-16-20/h8,11-13,15-16,18,27H,5-7,9-10,14H2,1-4H3. The molecule has 2 aliphatic heterocycles. The average Bonchev–Trinajstić information content (AvgIpc) is 3.45. The summed E-state index contributed by atoms with van der Waals surface area (Å²) < 4.78 is 21.2. The Labute approximate surface area is 194 Å². The molecule has 0 radical (unpaired) electrons. The van der Waals surface area contributed by atoms with Crippen LogP contribution in [0.3, 0.4) is 0 Å². The molecule has 0 bridgehead atoms. The number of carbonyl (C=O) groups excluding carboxylic acids is 2. The topological polar surface area (TPSA) is 95.2 Å². The van der Waals surface area contributed by atoms with Crippen molar-refractivity contribution < 1.29 is 33.3 Å². The fourth-order valence-corrected chi connectivity index (χ4v) is 3.93. The summed E-state index contributed by atoms with van der Waals surface area (Å²) in [4.78, 5) is 23.8. The summed E-state index contributed by atoms with van der Waals surface area (Å²) in [6, 6.07) is 1.82. The molecular weight excluding hydrogens is 424 g/mol. The van der Waals surface area contributed by atoms with E-state index in [1.807, 2.05) is 13.0 Å². The van der Waals surface area contributed by atoms with Crippen LogP contribution in [0.2, 0.25) is 0 Å². The van der Waals surface area contributed by atoms with E-state index in [9.17, 15) is 14.7 Å². The van der Waals surface area contributed by atoms with Gasteiger partial charge in [-0.1, -0.05) is 18.6 Å². The van der Waals surface area contributed by atoms with Crippen LogP contribution in [-0.4, -0.2) is 29.9 Å². The van der Waals surface area contributed by atoms with E-state index >= 15 is 0 Å². The van der Waals surface area contributed by atoms with Gasteiger partial charge in [-0.05, 0) is 75.7 Å². The molecule has 2 atom stereocenters. The molecule has 7 nitrogen and oxygen atoms in total. The van der Waals surface area contributed by atoms with Crippen LogP contribution in [0.4, 0.5) is 0 Å². The largest absolute Gasteiger partial charge is 0.504 e. The number of esters is 2. The minimum absolute atomic E-state index is 0.0649. The molecule has 1 aromatic heterocycles. The zero-order valence-electron chi connectivity index (χ0n) is 19.7. The first kappa shape index (κ1) is 24.6. The molecule has 2 aliphatic rings. The monoisotopic (exact) mass is 456 g/mol. The van der Waals surface area contributed by atoms with E-state index in [4.69, 9.17) is 18.6 Å². The molecule has 33 heavy (non-hydrogen) atoms. The summed E-state index contributed by atoms with van der Waals surface area (Å²) in [7, 11) is 1.53. The van der Waals surface area contributed by atoms with Crippen LogP contribution in [0.25, 0.3) is 0 Å². The number of allylic oxidation sites excluding steroid dienone is 3. The third-order valence-corrected chi connectivity index (χ3v) is 5.97. The Bertz CT molecular complexity index is 994. The summed E-state index contributed by atoms with van der Waals surface area (Å²) in [6.07, 6.45) is 13.5. The Morgan fingerprint density at radius 1 is 1.30 bits per heavy atom. The molecule has 2 unspecified atom stereocenters. The molecule has 7 heteroatoms. The number of methoxy groups -OCH3 is 1. The van der Waals surface area contributed by atoms with Gasteiger partial charge in [-0.15, -0.1) is 0 Å². The second-order valence-electron chi connectivity index (χ2n) is 8.74. The van der Waals surface area contributed by atoms with Crippen LogP contribution in [0, 0.1) is 5.92 Å². The first-order chi connectivity index (χ1) is 15.7. The highest BCUT2D eigenvalue weighted by Gasteiger charge is 2.40. The van der Waals surface area contributed by atoms with Gasteiger partial charge in [0.05, 0.1) is 18.1 Å². The van der Waals surface area contributed by atoms with Crippen LogP contribution < -0.4 is 0 Å². The molecule has 0 aromatic carbocycles. The van der Waals surface area contributed by atoms with Gasteiger partial charge in [-0.25, -0.2) is 9.59 Å². The molecule has 0 amide bonds. The Hall–Kier alpha value is -3.06. The van der Waals surface area contributed by atoms with Crippen molar-refractivity contribution in [2.24, 2.45) is 5.92 Å². The number of carbonyl (C=O) groups is 2. The van der Waals surface area contributed by atoms with Gasteiger partial charge in [0.25, 0.3) is 0 Å². The summed E-state index contributed by atoms with van der Waals surface area (Å²) in [5.41, 5.74) is 3.02. The van der Waals surface area contributed by atoms with Gasteiger partial charge in [0.2, 0.25) is 5.79 Å². The number of aliphatic hydroxyl groups excluding tert-OH is 1. The normalized spacial score (nSPS) is 23.2. The van der Waals surface area contributed by atoms with Crippen molar-refractivity contribution in [3.63, 3.8) is 0 Å². The van der Waals surface area contributed by atoms with E-state index in [2.05, 4.69) is 13.0 Å². The molecule has 0 fully saturated rings. The second-order valence-corrected chi connectivity index (χ2v) is 8.74. The highest BCUT2D eigenvalue weighted by Crippen LogP contribution is 2.32. The Morgan fingerprint density at radius 2 is 2.09 bits per heavy atom. The lowest BCUT2D eigenvalue weighted by Crippen LogP contribution is -2.33. The number of furan rings is 1. The molecule has 0 saturated carbocycles. The summed E-state index contributed by atoms with van der Waals surface area (Å²) in [5, 5.41) is 9.92. The Kier molecular flexibility index (Phi) is 7.97. The summed E-state index contributed by atoms with van der Waals surface area (Å²) in [6.45, 7) is 5.66. The number of hydrogen-bond acceptors (Lipinski definition) is 7. The second kappa shape index (κ2) is 10.7. The van der Waals surface area contributed by atoms with Crippen LogP contribution >= 0.6 is 0 Å². The van der Waals surface area contributed by atoms with E-state index in [-0.39, 0.29) is 29.0 Å². The third-order valence-electron chi connectivity index (χ3n) is 5.97. The third kappa shape index (κ3) is 6.26. The van der Waals surface area contributed by atoms with E-state index in [0.29, 0.717) is 18.4 Å². The first-order valence-corrected chi connectivity index (χ1v) is 11.2. The van der Waals surface area contributed by atoms with Gasteiger partial charge >= 0.3 is 11.9 Å². The maximum Gasteiger partial charge on any atom is 0.343 e. The lowest BCUT2D eigenvalue weighted by molar-refractivity contribution is -0.188. The minimum atomic E-state index is -1.07. The van der Waals surface area contributed by atoms with Gasteiger partial charge < -0.3 is 23.7 Å². The van der Waals surface area contributed by atoms with Crippen molar-refractivity contribution in [1.82, 2.24) is 0 Å². The van der Waals surface area contributed by atoms with Crippen molar-refractivity contribution in [2.45, 2.75) is 65.1 Å². The predicted molar refractivity (Wildman–Crippen MR) is 122 cm³/mol. The lowest BCUT2D eigenvalue weighted by Gasteiger charge is -2.23. The highest BCUT2D eigenvalue weighted by atomic mass is 16.7. The van der Waals surface area contributed by atoms with Crippen molar-refractivity contribution in [3.05, 3.63) is 70.6 Å². The van der Waals surface area contributed by atoms with Gasteiger partial charge in [0.1, 0.15) is 0 Å². The molecule has 3 rings (SSSR count). The van der Waals surface area contributed by atoms with Crippen LogP contribution in [0.5, 0.6) is 0 Å². The zero-order chi connectivity index (χ0) is 24.0. The Balaban J connectivity index is 1.44. The van der Waals surface area contributed by atoms with E-state index in [1.165, 1.54) is 12.7 Å². The van der Waals surface area contributed by atoms with Crippen LogP contribution in [0.1, 0.15) is 58.4 Å². The fourth-order valence-electron chi connectivity index (χ4n) is 3.93. The molecule has 0 saturated heterocycles. The summed E-state index contributed by atoms with van der Waals surface area (Å²) in [5.74, 6) is -1.54. The van der Waals surface area contributed by atoms with Crippen molar-refractivity contribution in [1.29, 1.82) is 0 Å². The van der Waals surface area contributed by atoms with E-state index < -0.39 is 11.8 Å². The number of ether oxygens (including phenoxy) is 3. The molecule has 1 aromatic rings. The van der Waals surface area contributed by atoms with Gasteiger partial charge in [0.15, 0.2) is 11.5 Å². The SMILES string of the molecule is COC1(Cc2ccoc2)C=C(CCC=C(C)CCCC(C)C=C2OC(=O)C(C)=C2O)C(=O)O1. The van der Waals surface area contributed by atoms with Gasteiger partial charge in [0, 0.05) is 19.1 Å². The quantitative estimate of drug-likeness (QED) is 0.349. The van der Waals surface area contributed by atoms with Crippen molar-refractivity contribution in [2.75, 3.05) is 7.11 Å². The molecular formula is C26H32O7. The van der Waals surface area contributed by atoms with Crippen LogP contribution in [0.15, 0.2) is 69.5 Å². The number of aliphatic hydroxyl groups is 1. The van der Waals surface area contributed by atoms with Crippen molar-refractivity contribution in [3.8, 4) is 0 Å². The van der Waals surface area contributed by atoms with E-state index in [1.54, 1.807) is 31.6 Å². The molecule has 3 heterocycles. The predicted octanol–water partition coefficient (Wildman–Crippen LogP) is 5.45.